The Morgan fingerprint density at radius 3 is 2.58 bits per heavy atom. The average Bonchev–Trinajstić information content (AvgIpc) is 3.56. The van der Waals surface area contributed by atoms with E-state index in [-0.39, 0.29) is 17.1 Å². The molecule has 3 heterocycles. The zero-order chi connectivity index (χ0) is 25.8. The van der Waals surface area contributed by atoms with Gasteiger partial charge < -0.3 is 59.1 Å². The van der Waals surface area contributed by atoms with Crippen molar-refractivity contribution < 1.29 is 63.9 Å². The molecule has 0 spiro atoms. The van der Waals surface area contributed by atoms with E-state index < -0.39 is 85.8 Å². The van der Waals surface area contributed by atoms with E-state index in [4.69, 9.17) is 28.4 Å². The lowest BCUT2D eigenvalue weighted by atomic mass is 9.85. The molecular weight excluding hydrogens is 484 g/mol. The van der Waals surface area contributed by atoms with Crippen molar-refractivity contribution in [1.29, 1.82) is 0 Å². The smallest absolute Gasteiger partial charge is 0.338 e. The van der Waals surface area contributed by atoms with Gasteiger partial charge in [0.2, 0.25) is 6.29 Å². The molecular formula is C23H28O13. The van der Waals surface area contributed by atoms with E-state index >= 15 is 0 Å². The Bertz CT molecular complexity index is 1010. The van der Waals surface area contributed by atoms with Gasteiger partial charge in [0.25, 0.3) is 0 Å². The van der Waals surface area contributed by atoms with Crippen molar-refractivity contribution in [2.75, 3.05) is 20.3 Å². The third-order valence-electron chi connectivity index (χ3n) is 7.26. The Morgan fingerprint density at radius 2 is 1.89 bits per heavy atom. The quantitative estimate of drug-likeness (QED) is 0.173. The maximum atomic E-state index is 12.9. The molecule has 1 aromatic carbocycles. The maximum absolute atomic E-state index is 12.9. The number of benzene rings is 1. The van der Waals surface area contributed by atoms with Gasteiger partial charge >= 0.3 is 5.97 Å². The minimum atomic E-state index is -1.66. The number of ether oxygens (including phenoxy) is 6. The zero-order valence-corrected chi connectivity index (χ0v) is 19.1. The van der Waals surface area contributed by atoms with Crippen molar-refractivity contribution in [2.45, 2.75) is 54.8 Å². The van der Waals surface area contributed by atoms with Gasteiger partial charge in [-0.15, -0.1) is 0 Å². The Balaban J connectivity index is 1.35. The number of carbonyl (C=O) groups is 1. The Labute approximate surface area is 205 Å². The SMILES string of the molecule is COc1cc(C(=O)O[C@H]2[C@H]3C=CO[C@H](O[C@@H]4O[C@H](CO)[C@@H](O)[C@H](O)[C@H]4O)[C@H]3[C@@]3(CO)O[C@H]23)ccc1O. The van der Waals surface area contributed by atoms with Gasteiger partial charge in [0.05, 0.1) is 38.1 Å². The second kappa shape index (κ2) is 9.43. The molecule has 5 rings (SSSR count). The van der Waals surface area contributed by atoms with Gasteiger partial charge in [0.15, 0.2) is 17.8 Å². The van der Waals surface area contributed by atoms with Crippen LogP contribution in [0, 0.1) is 11.8 Å². The zero-order valence-electron chi connectivity index (χ0n) is 19.1. The molecule has 2 saturated heterocycles. The molecule has 0 aromatic heterocycles. The van der Waals surface area contributed by atoms with Crippen LogP contribution in [0.1, 0.15) is 10.4 Å². The number of esters is 1. The molecule has 1 saturated carbocycles. The predicted molar refractivity (Wildman–Crippen MR) is 114 cm³/mol. The summed E-state index contributed by atoms with van der Waals surface area (Å²) in [5.41, 5.74) is -1.03. The van der Waals surface area contributed by atoms with Gasteiger partial charge in [-0.2, -0.15) is 0 Å². The molecule has 3 fully saturated rings. The average molecular weight is 512 g/mol. The Morgan fingerprint density at radius 1 is 1.11 bits per heavy atom. The third kappa shape index (κ3) is 3.92. The number of methoxy groups -OCH3 is 1. The lowest BCUT2D eigenvalue weighted by Crippen LogP contribution is -2.60. The molecule has 4 aliphatic rings. The molecule has 198 valence electrons. The van der Waals surface area contributed by atoms with Crippen LogP contribution in [0.3, 0.4) is 0 Å². The van der Waals surface area contributed by atoms with E-state index in [9.17, 15) is 35.4 Å². The van der Waals surface area contributed by atoms with Crippen LogP contribution in [0.15, 0.2) is 30.5 Å². The minimum absolute atomic E-state index is 0.0973. The molecule has 13 heteroatoms. The first-order chi connectivity index (χ1) is 17.2. The van der Waals surface area contributed by atoms with Crippen LogP contribution in [-0.4, -0.2) is 112 Å². The lowest BCUT2D eigenvalue weighted by Gasteiger charge is -2.43. The minimum Gasteiger partial charge on any atom is -0.504 e. The predicted octanol–water partition coefficient (Wildman–Crippen LogP) is -2.01. The van der Waals surface area contributed by atoms with Gasteiger partial charge in [-0.05, 0) is 24.3 Å². The summed E-state index contributed by atoms with van der Waals surface area (Å²) >= 11 is 0. The lowest BCUT2D eigenvalue weighted by molar-refractivity contribution is -0.344. The van der Waals surface area contributed by atoms with Crippen LogP contribution in [-0.2, 0) is 23.7 Å². The molecule has 0 amide bonds. The van der Waals surface area contributed by atoms with Gasteiger partial charge in [-0.3, -0.25) is 0 Å². The fraction of sp³-hybridized carbons (Fsp3) is 0.609. The fourth-order valence-corrected chi connectivity index (χ4v) is 5.28. The molecule has 1 aromatic rings. The molecule has 13 nitrogen and oxygen atoms in total. The van der Waals surface area contributed by atoms with Gasteiger partial charge in [-0.1, -0.05) is 0 Å². The number of aliphatic hydroxyl groups excluding tert-OH is 5. The molecule has 11 atom stereocenters. The summed E-state index contributed by atoms with van der Waals surface area (Å²) in [4.78, 5) is 12.9. The first-order valence-electron chi connectivity index (χ1n) is 11.4. The van der Waals surface area contributed by atoms with E-state index in [0.29, 0.717) is 0 Å². The summed E-state index contributed by atoms with van der Waals surface area (Å²) in [5.74, 6) is -1.95. The van der Waals surface area contributed by atoms with Gasteiger partial charge in [0, 0.05) is 5.92 Å². The van der Waals surface area contributed by atoms with E-state index in [2.05, 4.69) is 0 Å². The number of epoxide rings is 1. The molecule has 0 radical (unpaired) electrons. The van der Waals surface area contributed by atoms with Gasteiger partial charge in [0.1, 0.15) is 42.2 Å². The summed E-state index contributed by atoms with van der Waals surface area (Å²) in [6.45, 7) is -1.07. The molecule has 0 bridgehead atoms. The highest BCUT2D eigenvalue weighted by Crippen LogP contribution is 2.60. The third-order valence-corrected chi connectivity index (χ3v) is 7.26. The van der Waals surface area contributed by atoms with Crippen LogP contribution >= 0.6 is 0 Å². The largest absolute Gasteiger partial charge is 0.504 e. The number of aromatic hydroxyl groups is 1. The number of fused-ring (bicyclic) bond motifs is 3. The number of phenols is 1. The molecule has 1 aliphatic carbocycles. The van der Waals surface area contributed by atoms with E-state index in [0.717, 1.165) is 0 Å². The normalized spacial score (nSPS) is 42.7. The summed E-state index contributed by atoms with van der Waals surface area (Å²) in [6, 6.07) is 4.02. The highest BCUT2D eigenvalue weighted by atomic mass is 16.8. The van der Waals surface area contributed by atoms with E-state index in [1.807, 2.05) is 0 Å². The summed E-state index contributed by atoms with van der Waals surface area (Å²) in [7, 11) is 1.35. The van der Waals surface area contributed by atoms with Crippen LogP contribution in [0.2, 0.25) is 0 Å². The highest BCUT2D eigenvalue weighted by Gasteiger charge is 2.77. The second-order valence-electron chi connectivity index (χ2n) is 9.18. The molecule has 36 heavy (non-hydrogen) atoms. The number of aliphatic hydroxyl groups is 5. The molecule has 0 unspecified atom stereocenters. The fourth-order valence-electron chi connectivity index (χ4n) is 5.28. The number of hydrogen-bond acceptors (Lipinski definition) is 13. The van der Waals surface area contributed by atoms with Crippen molar-refractivity contribution in [3.8, 4) is 11.5 Å². The van der Waals surface area contributed by atoms with Crippen LogP contribution in [0.25, 0.3) is 0 Å². The Kier molecular flexibility index (Phi) is 6.59. The number of phenolic OH excluding ortho intramolecular Hbond substituents is 1. The molecule has 6 N–H and O–H groups in total. The monoisotopic (exact) mass is 512 g/mol. The van der Waals surface area contributed by atoms with Crippen molar-refractivity contribution >= 4 is 5.97 Å². The van der Waals surface area contributed by atoms with Crippen molar-refractivity contribution in [3.05, 3.63) is 36.1 Å². The van der Waals surface area contributed by atoms with Crippen molar-refractivity contribution in [2.24, 2.45) is 11.8 Å². The highest BCUT2D eigenvalue weighted by molar-refractivity contribution is 5.90. The van der Waals surface area contributed by atoms with Crippen LogP contribution < -0.4 is 4.74 Å². The topological polar surface area (TPSA) is 197 Å². The summed E-state index contributed by atoms with van der Waals surface area (Å²) in [6.07, 6.45) is -7.19. The first-order valence-corrected chi connectivity index (χ1v) is 11.4. The maximum Gasteiger partial charge on any atom is 0.338 e. The summed E-state index contributed by atoms with van der Waals surface area (Å²) < 4.78 is 33.4. The van der Waals surface area contributed by atoms with E-state index in [1.165, 1.54) is 31.6 Å². The van der Waals surface area contributed by atoms with Crippen LogP contribution in [0.4, 0.5) is 0 Å². The molecule has 3 aliphatic heterocycles. The number of hydrogen-bond donors (Lipinski definition) is 6. The second-order valence-corrected chi connectivity index (χ2v) is 9.18. The van der Waals surface area contributed by atoms with Gasteiger partial charge in [-0.25, -0.2) is 4.79 Å². The number of carbonyl (C=O) groups excluding carboxylic acids is 1. The van der Waals surface area contributed by atoms with Crippen molar-refractivity contribution in [1.82, 2.24) is 0 Å². The summed E-state index contributed by atoms with van der Waals surface area (Å²) in [5, 5.41) is 59.8. The van der Waals surface area contributed by atoms with Crippen molar-refractivity contribution in [3.63, 3.8) is 0 Å². The van der Waals surface area contributed by atoms with E-state index in [1.54, 1.807) is 6.08 Å². The standard InChI is InChI=1S/C23H28O13/c1-31-12-6-9(2-3-11(12)26)20(30)34-18-10-4-5-32-21(14(10)23(8-25)19(18)36-23)35-22-17(29)16(28)15(27)13(7-24)33-22/h2-6,10,13-19,21-22,24-29H,7-8H2,1H3/t10-,13+,14-,15+,16-,17+,18-,19+,21+,22-,23+/m0/s1. The Hall–Kier alpha value is -2.49. The number of rotatable bonds is 7. The first kappa shape index (κ1) is 25.2. The van der Waals surface area contributed by atoms with Crippen LogP contribution in [0.5, 0.6) is 11.5 Å².